The average molecular weight is 593 g/mol. The van der Waals surface area contributed by atoms with Crippen molar-refractivity contribution in [2.45, 2.75) is 36.2 Å². The number of ether oxygens (including phenoxy) is 4. The second-order valence-electron chi connectivity index (χ2n) is 7.50. The maximum absolute atomic E-state index is 12.2. The Kier molecular flexibility index (Phi) is 8.00. The maximum atomic E-state index is 12.2. The molecular formula is C14H22N5O13P3S. The summed E-state index contributed by atoms with van der Waals surface area (Å²) >= 11 is 1.25. The van der Waals surface area contributed by atoms with E-state index >= 15 is 0 Å². The van der Waals surface area contributed by atoms with Gasteiger partial charge in [-0.1, -0.05) is 11.8 Å². The Hall–Kier alpha value is -1.01. The minimum Gasteiger partial charge on any atom is -0.382 e. The van der Waals surface area contributed by atoms with Gasteiger partial charge in [-0.25, -0.2) is 23.8 Å². The summed E-state index contributed by atoms with van der Waals surface area (Å²) in [7, 11) is -14.2. The van der Waals surface area contributed by atoms with Crippen molar-refractivity contribution in [3.63, 3.8) is 0 Å². The first kappa shape index (κ1) is 28.0. The molecule has 18 nitrogen and oxygen atoms in total. The molecule has 0 amide bonds. The van der Waals surface area contributed by atoms with Crippen molar-refractivity contribution in [3.05, 3.63) is 6.33 Å². The molecule has 0 spiro atoms. The SMILES string of the molecule is COC1O[C@@H]2[C@H](O1)[C@@H](COP(=O)(O)OP(=O)(O)CP(=O)(O)O)O[C@H]2n1cnc2c(N)nc(SC)nc21. The minimum absolute atomic E-state index is 0.137. The molecule has 2 saturated heterocycles. The molecule has 0 bridgehead atoms. The topological polar surface area (TPSA) is 257 Å². The molecule has 2 aromatic rings. The Morgan fingerprint density at radius 1 is 1.14 bits per heavy atom. The van der Waals surface area contributed by atoms with Gasteiger partial charge in [0.1, 0.15) is 23.8 Å². The van der Waals surface area contributed by atoms with Gasteiger partial charge in [0.2, 0.25) is 0 Å². The predicted octanol–water partition coefficient (Wildman–Crippen LogP) is 0.196. The van der Waals surface area contributed by atoms with Crippen LogP contribution in [0.2, 0.25) is 0 Å². The summed E-state index contributed by atoms with van der Waals surface area (Å²) in [5.74, 6) is -1.54. The highest BCUT2D eigenvalue weighted by Crippen LogP contribution is 2.65. The molecule has 2 fully saturated rings. The molecule has 4 rings (SSSR count). The van der Waals surface area contributed by atoms with Gasteiger partial charge in [0, 0.05) is 7.11 Å². The van der Waals surface area contributed by atoms with Crippen LogP contribution in [0, 0.1) is 0 Å². The lowest BCUT2D eigenvalue weighted by atomic mass is 10.1. The van der Waals surface area contributed by atoms with Gasteiger partial charge in [-0.3, -0.25) is 18.2 Å². The number of hydrogen-bond acceptors (Lipinski definition) is 14. The van der Waals surface area contributed by atoms with E-state index in [-0.39, 0.29) is 5.82 Å². The van der Waals surface area contributed by atoms with Gasteiger partial charge in [0.15, 0.2) is 28.8 Å². The number of nitrogens with zero attached hydrogens (tertiary/aromatic N) is 4. The van der Waals surface area contributed by atoms with Crippen LogP contribution in [0.15, 0.2) is 11.5 Å². The zero-order chi connectivity index (χ0) is 26.5. The summed E-state index contributed by atoms with van der Waals surface area (Å²) < 4.78 is 67.7. The molecule has 36 heavy (non-hydrogen) atoms. The van der Waals surface area contributed by atoms with Gasteiger partial charge >= 0.3 is 23.0 Å². The number of methoxy groups -OCH3 is 1. The van der Waals surface area contributed by atoms with Crippen molar-refractivity contribution >= 4 is 51.8 Å². The van der Waals surface area contributed by atoms with Crippen molar-refractivity contribution in [2.24, 2.45) is 0 Å². The largest absolute Gasteiger partial charge is 0.479 e. The number of phosphoric ester groups is 1. The Labute approximate surface area is 206 Å². The van der Waals surface area contributed by atoms with E-state index < -0.39 is 66.5 Å². The van der Waals surface area contributed by atoms with E-state index in [0.29, 0.717) is 16.3 Å². The van der Waals surface area contributed by atoms with Crippen LogP contribution in [0.25, 0.3) is 11.2 Å². The Morgan fingerprint density at radius 3 is 2.47 bits per heavy atom. The number of fused-ring (bicyclic) bond motifs is 2. The molecule has 3 unspecified atom stereocenters. The number of hydrogen-bond donors (Lipinski definition) is 5. The number of nitrogen functional groups attached to an aromatic ring is 1. The number of thioether (sulfide) groups is 1. The fraction of sp³-hybridized carbons (Fsp3) is 0.643. The Bertz CT molecular complexity index is 1270. The zero-order valence-electron chi connectivity index (χ0n) is 18.5. The van der Waals surface area contributed by atoms with E-state index in [1.54, 1.807) is 6.26 Å². The standard InChI is InChI=1S/C14H22N5O13P3S/c1-27-14-30-8-6(3-28-35(25,26)32-34(23,24)5-33(20,21)22)29-12(9(8)31-14)19-4-16-7-10(15)17-13(36-2)18-11(7)19/h4,6,8-9,12,14H,3,5H2,1-2H3,(H,23,24)(H,25,26)(H2,15,17,18)(H2,20,21,22)/t6-,8-,9-,12-,14?/m1/s1. The van der Waals surface area contributed by atoms with Crippen LogP contribution in [0.3, 0.4) is 0 Å². The molecule has 0 radical (unpaired) electrons. The molecule has 0 aromatic carbocycles. The minimum atomic E-state index is -5.27. The van der Waals surface area contributed by atoms with E-state index in [2.05, 4.69) is 19.3 Å². The Morgan fingerprint density at radius 2 is 1.83 bits per heavy atom. The van der Waals surface area contributed by atoms with Crippen LogP contribution in [0.1, 0.15) is 6.23 Å². The molecular weight excluding hydrogens is 571 g/mol. The molecule has 2 aromatic heterocycles. The number of imidazole rings is 1. The van der Waals surface area contributed by atoms with E-state index in [9.17, 15) is 23.5 Å². The molecule has 4 heterocycles. The zero-order valence-corrected chi connectivity index (χ0v) is 22.0. The van der Waals surface area contributed by atoms with Crippen LogP contribution in [-0.4, -0.2) is 89.8 Å². The van der Waals surface area contributed by atoms with Crippen LogP contribution in [0.4, 0.5) is 5.82 Å². The monoisotopic (exact) mass is 593 g/mol. The number of phosphoric acid groups is 1. The van der Waals surface area contributed by atoms with Gasteiger partial charge in [-0.05, 0) is 6.26 Å². The molecule has 7 atom stereocenters. The van der Waals surface area contributed by atoms with Gasteiger partial charge in [-0.15, -0.1) is 0 Å². The summed E-state index contributed by atoms with van der Waals surface area (Å²) in [6, 6.07) is 0. The predicted molar refractivity (Wildman–Crippen MR) is 120 cm³/mol. The van der Waals surface area contributed by atoms with Gasteiger partial charge in [0.05, 0.1) is 12.9 Å². The van der Waals surface area contributed by atoms with E-state index in [4.69, 9.17) is 39.0 Å². The Balaban J connectivity index is 1.54. The van der Waals surface area contributed by atoms with Crippen molar-refractivity contribution in [3.8, 4) is 0 Å². The third kappa shape index (κ3) is 6.17. The fourth-order valence-corrected chi connectivity index (χ4v) is 8.30. The van der Waals surface area contributed by atoms with Crippen LogP contribution in [0.5, 0.6) is 0 Å². The van der Waals surface area contributed by atoms with Gasteiger partial charge in [-0.2, -0.15) is 0 Å². The third-order valence-corrected chi connectivity index (χ3v) is 10.7. The quantitative estimate of drug-likeness (QED) is 0.140. The van der Waals surface area contributed by atoms with Crippen molar-refractivity contribution in [2.75, 3.05) is 31.6 Å². The first-order valence-corrected chi connectivity index (χ1v) is 16.1. The lowest BCUT2D eigenvalue weighted by Crippen LogP contribution is -2.31. The maximum Gasteiger partial charge on any atom is 0.479 e. The highest BCUT2D eigenvalue weighted by molar-refractivity contribution is 7.98. The highest BCUT2D eigenvalue weighted by Gasteiger charge is 2.55. The van der Waals surface area contributed by atoms with Crippen LogP contribution >= 0.6 is 34.8 Å². The van der Waals surface area contributed by atoms with Crippen LogP contribution in [-0.2, 0) is 41.5 Å². The smallest absolute Gasteiger partial charge is 0.382 e. The second kappa shape index (κ2) is 10.3. The summed E-state index contributed by atoms with van der Waals surface area (Å²) in [6.45, 7) is -1.82. The first-order chi connectivity index (χ1) is 16.7. The first-order valence-electron chi connectivity index (χ1n) is 9.80. The van der Waals surface area contributed by atoms with Gasteiger partial charge in [0.25, 0.3) is 6.48 Å². The molecule has 0 aliphatic carbocycles. The van der Waals surface area contributed by atoms with E-state index in [0.717, 1.165) is 0 Å². The fourth-order valence-electron chi connectivity index (χ4n) is 3.58. The van der Waals surface area contributed by atoms with E-state index in [1.807, 2.05) is 0 Å². The molecule has 6 N–H and O–H groups in total. The second-order valence-corrected chi connectivity index (χ2v) is 13.9. The molecule has 22 heteroatoms. The van der Waals surface area contributed by atoms with Crippen molar-refractivity contribution < 1.29 is 61.1 Å². The summed E-state index contributed by atoms with van der Waals surface area (Å²) in [4.78, 5) is 49.8. The molecule has 202 valence electrons. The van der Waals surface area contributed by atoms with Crippen molar-refractivity contribution in [1.29, 1.82) is 0 Å². The summed E-state index contributed by atoms with van der Waals surface area (Å²) in [6.07, 6.45) is -0.650. The number of aromatic nitrogens is 4. The van der Waals surface area contributed by atoms with E-state index in [1.165, 1.54) is 29.8 Å². The lowest BCUT2D eigenvalue weighted by molar-refractivity contribution is -0.256. The molecule has 2 aliphatic heterocycles. The normalized spacial score (nSPS) is 29.8. The lowest BCUT2D eigenvalue weighted by Gasteiger charge is -2.22. The summed E-state index contributed by atoms with van der Waals surface area (Å²) in [5, 5.41) is 0.372. The summed E-state index contributed by atoms with van der Waals surface area (Å²) in [5.41, 5.74) is 6.58. The number of nitrogens with two attached hydrogens (primary N) is 1. The molecule has 0 saturated carbocycles. The van der Waals surface area contributed by atoms with Gasteiger partial charge < -0.3 is 44.3 Å². The van der Waals surface area contributed by atoms with Crippen molar-refractivity contribution in [1.82, 2.24) is 19.5 Å². The molecule has 2 aliphatic rings. The average Bonchev–Trinajstić information content (AvgIpc) is 3.43. The highest BCUT2D eigenvalue weighted by atomic mass is 32.2. The van der Waals surface area contributed by atoms with Crippen LogP contribution < -0.4 is 5.73 Å². The number of rotatable bonds is 10. The third-order valence-electron chi connectivity index (χ3n) is 4.89. The number of anilines is 1.